The zero-order valence-electron chi connectivity index (χ0n) is 10.4. The van der Waals surface area contributed by atoms with Crippen molar-refractivity contribution in [1.82, 2.24) is 15.1 Å². The summed E-state index contributed by atoms with van der Waals surface area (Å²) < 4.78 is 12.2. The number of halogens is 3. The second-order valence-electron chi connectivity index (χ2n) is 4.67. The standard InChI is InChI=1S/C11H22FN3.2ClH/c1-10-11(2-4-13-10)15-8-6-14(5-3-12)7-9-15;;/h10-11,13H,2-9H2,1H3;2*1H/t10-,11-;;/m0../s1. The van der Waals surface area contributed by atoms with Gasteiger partial charge in [0.05, 0.1) is 0 Å². The molecule has 104 valence electrons. The van der Waals surface area contributed by atoms with Crippen molar-refractivity contribution >= 4 is 24.8 Å². The number of nitrogens with zero attached hydrogens (tertiary/aromatic N) is 2. The molecule has 3 nitrogen and oxygen atoms in total. The molecule has 0 aromatic rings. The highest BCUT2D eigenvalue weighted by molar-refractivity contribution is 5.85. The Bertz CT molecular complexity index is 201. The first-order valence-corrected chi connectivity index (χ1v) is 6.07. The van der Waals surface area contributed by atoms with Crippen molar-refractivity contribution in [2.45, 2.75) is 25.4 Å². The van der Waals surface area contributed by atoms with Gasteiger partial charge in [0.25, 0.3) is 0 Å². The first kappa shape index (κ1) is 17.4. The molecule has 0 spiro atoms. The number of nitrogens with one attached hydrogen (secondary N) is 1. The molecule has 0 bridgehead atoms. The van der Waals surface area contributed by atoms with Gasteiger partial charge in [-0.3, -0.25) is 9.80 Å². The highest BCUT2D eigenvalue weighted by atomic mass is 35.5. The van der Waals surface area contributed by atoms with Gasteiger partial charge in [-0.15, -0.1) is 24.8 Å². The van der Waals surface area contributed by atoms with Gasteiger partial charge in [-0.1, -0.05) is 0 Å². The molecule has 2 fully saturated rings. The highest BCUT2D eigenvalue weighted by Crippen LogP contribution is 2.16. The SMILES string of the molecule is C[C@@H]1NCC[C@@H]1N1CCN(CCF)CC1.Cl.Cl. The van der Waals surface area contributed by atoms with E-state index in [9.17, 15) is 4.39 Å². The molecule has 0 unspecified atom stereocenters. The van der Waals surface area contributed by atoms with E-state index in [-0.39, 0.29) is 31.5 Å². The Morgan fingerprint density at radius 1 is 1.18 bits per heavy atom. The highest BCUT2D eigenvalue weighted by Gasteiger charge is 2.30. The molecule has 0 amide bonds. The molecule has 0 aromatic heterocycles. The van der Waals surface area contributed by atoms with E-state index in [0.29, 0.717) is 18.6 Å². The van der Waals surface area contributed by atoms with E-state index in [2.05, 4.69) is 22.0 Å². The Labute approximate surface area is 116 Å². The van der Waals surface area contributed by atoms with Gasteiger partial charge in [0, 0.05) is 44.8 Å². The van der Waals surface area contributed by atoms with Gasteiger partial charge in [-0.2, -0.15) is 0 Å². The zero-order chi connectivity index (χ0) is 10.7. The molecule has 1 N–H and O–H groups in total. The van der Waals surface area contributed by atoms with Crippen molar-refractivity contribution in [3.05, 3.63) is 0 Å². The molecule has 2 saturated heterocycles. The minimum atomic E-state index is -0.207. The predicted octanol–water partition coefficient (Wildman–Crippen LogP) is 1.17. The van der Waals surface area contributed by atoms with Gasteiger partial charge >= 0.3 is 0 Å². The lowest BCUT2D eigenvalue weighted by atomic mass is 10.1. The van der Waals surface area contributed by atoms with Gasteiger partial charge in [0.1, 0.15) is 6.67 Å². The maximum absolute atomic E-state index is 12.2. The van der Waals surface area contributed by atoms with Gasteiger partial charge in [0.15, 0.2) is 0 Å². The Balaban J connectivity index is 0.00000128. The Hall–Kier alpha value is 0.390. The monoisotopic (exact) mass is 287 g/mol. The van der Waals surface area contributed by atoms with Crippen LogP contribution in [0, 0.1) is 0 Å². The smallest absolute Gasteiger partial charge is 0.102 e. The maximum Gasteiger partial charge on any atom is 0.102 e. The van der Waals surface area contributed by atoms with Crippen LogP contribution in [0.5, 0.6) is 0 Å². The summed E-state index contributed by atoms with van der Waals surface area (Å²) in [6.45, 7) is 8.11. The van der Waals surface area contributed by atoms with Crippen LogP contribution in [-0.2, 0) is 0 Å². The first-order chi connectivity index (χ1) is 7.31. The third-order valence-electron chi connectivity index (χ3n) is 3.76. The third-order valence-corrected chi connectivity index (χ3v) is 3.76. The van der Waals surface area contributed by atoms with Gasteiger partial charge in [-0.25, -0.2) is 4.39 Å². The molecular formula is C11H24Cl2FN3. The summed E-state index contributed by atoms with van der Waals surface area (Å²) in [5.74, 6) is 0. The van der Waals surface area contributed by atoms with Crippen molar-refractivity contribution in [2.24, 2.45) is 0 Å². The van der Waals surface area contributed by atoms with Crippen LogP contribution in [0.15, 0.2) is 0 Å². The fraction of sp³-hybridized carbons (Fsp3) is 1.00. The van der Waals surface area contributed by atoms with Crippen LogP contribution in [0.25, 0.3) is 0 Å². The Kier molecular flexibility index (Phi) is 8.68. The van der Waals surface area contributed by atoms with Crippen LogP contribution in [-0.4, -0.2) is 67.8 Å². The van der Waals surface area contributed by atoms with Crippen molar-refractivity contribution in [1.29, 1.82) is 0 Å². The van der Waals surface area contributed by atoms with E-state index in [1.807, 2.05) is 0 Å². The Morgan fingerprint density at radius 3 is 2.29 bits per heavy atom. The number of piperazine rings is 1. The molecule has 0 saturated carbocycles. The van der Waals surface area contributed by atoms with E-state index >= 15 is 0 Å². The summed E-state index contributed by atoms with van der Waals surface area (Å²) >= 11 is 0. The molecule has 17 heavy (non-hydrogen) atoms. The number of hydrogen-bond donors (Lipinski definition) is 1. The van der Waals surface area contributed by atoms with Crippen LogP contribution >= 0.6 is 24.8 Å². The fourth-order valence-corrected chi connectivity index (χ4v) is 2.78. The lowest BCUT2D eigenvalue weighted by molar-refractivity contribution is 0.0886. The van der Waals surface area contributed by atoms with E-state index in [1.165, 1.54) is 6.42 Å². The van der Waals surface area contributed by atoms with Crippen molar-refractivity contribution in [3.8, 4) is 0 Å². The largest absolute Gasteiger partial charge is 0.313 e. The molecule has 2 rings (SSSR count). The van der Waals surface area contributed by atoms with Gasteiger partial charge in [-0.05, 0) is 19.9 Å². The summed E-state index contributed by atoms with van der Waals surface area (Å²) in [5.41, 5.74) is 0. The van der Waals surface area contributed by atoms with Gasteiger partial charge in [0.2, 0.25) is 0 Å². The predicted molar refractivity (Wildman–Crippen MR) is 74.4 cm³/mol. The molecule has 2 atom stereocenters. The quantitative estimate of drug-likeness (QED) is 0.841. The lowest BCUT2D eigenvalue weighted by Crippen LogP contribution is -2.53. The summed E-state index contributed by atoms with van der Waals surface area (Å²) in [7, 11) is 0. The average molecular weight is 288 g/mol. The van der Waals surface area contributed by atoms with Gasteiger partial charge < -0.3 is 5.32 Å². The number of rotatable bonds is 3. The normalized spacial score (nSPS) is 30.7. The van der Waals surface area contributed by atoms with Crippen molar-refractivity contribution < 1.29 is 4.39 Å². The summed E-state index contributed by atoms with van der Waals surface area (Å²) in [6, 6.07) is 1.33. The minimum absolute atomic E-state index is 0. The van der Waals surface area contributed by atoms with E-state index in [1.54, 1.807) is 0 Å². The average Bonchev–Trinajstić information content (AvgIpc) is 2.66. The van der Waals surface area contributed by atoms with Crippen molar-refractivity contribution in [2.75, 3.05) is 45.9 Å². The van der Waals surface area contributed by atoms with E-state index in [4.69, 9.17) is 0 Å². The molecule has 6 heteroatoms. The Morgan fingerprint density at radius 2 is 1.82 bits per heavy atom. The molecule has 2 heterocycles. The van der Waals surface area contributed by atoms with Crippen LogP contribution < -0.4 is 5.32 Å². The fourth-order valence-electron chi connectivity index (χ4n) is 2.78. The number of alkyl halides is 1. The van der Waals surface area contributed by atoms with Crippen LogP contribution in [0.4, 0.5) is 4.39 Å². The molecule has 2 aliphatic heterocycles. The van der Waals surface area contributed by atoms with E-state index in [0.717, 1.165) is 32.7 Å². The second kappa shape index (κ2) is 8.48. The lowest BCUT2D eigenvalue weighted by Gasteiger charge is -2.39. The van der Waals surface area contributed by atoms with E-state index < -0.39 is 0 Å². The summed E-state index contributed by atoms with van der Waals surface area (Å²) in [6.07, 6.45) is 1.27. The third kappa shape index (κ3) is 4.52. The van der Waals surface area contributed by atoms with Crippen LogP contribution in [0.3, 0.4) is 0 Å². The first-order valence-electron chi connectivity index (χ1n) is 6.07. The minimum Gasteiger partial charge on any atom is -0.313 e. The molecular weight excluding hydrogens is 264 g/mol. The maximum atomic E-state index is 12.2. The number of hydrogen-bond acceptors (Lipinski definition) is 3. The van der Waals surface area contributed by atoms with Crippen molar-refractivity contribution in [3.63, 3.8) is 0 Å². The molecule has 0 aromatic carbocycles. The zero-order valence-corrected chi connectivity index (χ0v) is 12.0. The second-order valence-corrected chi connectivity index (χ2v) is 4.67. The van der Waals surface area contributed by atoms with Crippen LogP contribution in [0.2, 0.25) is 0 Å². The molecule has 0 radical (unpaired) electrons. The van der Waals surface area contributed by atoms with Crippen LogP contribution in [0.1, 0.15) is 13.3 Å². The summed E-state index contributed by atoms with van der Waals surface area (Å²) in [4.78, 5) is 4.79. The topological polar surface area (TPSA) is 18.5 Å². The molecule has 0 aliphatic carbocycles. The summed E-state index contributed by atoms with van der Waals surface area (Å²) in [5, 5.41) is 3.49. The molecule has 2 aliphatic rings.